The molecule has 102 valence electrons. The molecule has 1 saturated carbocycles. The number of hydrogen-bond acceptors (Lipinski definition) is 2. The summed E-state index contributed by atoms with van der Waals surface area (Å²) in [7, 11) is 0. The van der Waals surface area contributed by atoms with Crippen molar-refractivity contribution in [2.24, 2.45) is 0 Å². The number of rotatable bonds is 2. The number of halogens is 1. The molecule has 0 saturated heterocycles. The highest BCUT2D eigenvalue weighted by molar-refractivity contribution is 9.09. The van der Waals surface area contributed by atoms with Crippen LogP contribution < -0.4 is 4.72 Å². The van der Waals surface area contributed by atoms with Crippen molar-refractivity contribution in [3.05, 3.63) is 41.0 Å². The summed E-state index contributed by atoms with van der Waals surface area (Å²) in [5.41, 5.74) is 4.52. The molecule has 0 aromatic heterocycles. The first-order valence-electron chi connectivity index (χ1n) is 7.06. The largest absolute Gasteiger partial charge is 0.250 e. The standard InChI is InChI=1S/C16H20BrNS/c1-12-5-7-13(8-6-12)15-14(11-17)16(18-19-15)9-3-2-4-10-16/h5-8,18H,2-4,9-11H2,1H3. The lowest BCUT2D eigenvalue weighted by Crippen LogP contribution is -2.42. The normalized spacial score (nSPS) is 22.2. The maximum Gasteiger partial charge on any atom is 0.0517 e. The minimum absolute atomic E-state index is 0.257. The summed E-state index contributed by atoms with van der Waals surface area (Å²) in [6.45, 7) is 2.15. The van der Waals surface area contributed by atoms with E-state index < -0.39 is 0 Å². The maximum atomic E-state index is 3.75. The zero-order valence-electron chi connectivity index (χ0n) is 11.3. The van der Waals surface area contributed by atoms with Crippen LogP contribution in [0.25, 0.3) is 4.91 Å². The van der Waals surface area contributed by atoms with Crippen LogP contribution in [0.5, 0.6) is 0 Å². The third-order valence-corrected chi connectivity index (χ3v) is 6.09. The van der Waals surface area contributed by atoms with Crippen molar-refractivity contribution in [1.29, 1.82) is 0 Å². The zero-order chi connectivity index (χ0) is 13.3. The first kappa shape index (κ1) is 13.7. The Labute approximate surface area is 128 Å². The van der Waals surface area contributed by atoms with Crippen molar-refractivity contribution >= 4 is 32.8 Å². The molecule has 0 amide bonds. The summed E-state index contributed by atoms with van der Waals surface area (Å²) >= 11 is 5.57. The highest BCUT2D eigenvalue weighted by Gasteiger charge is 2.41. The second-order valence-electron chi connectivity index (χ2n) is 5.65. The van der Waals surface area contributed by atoms with Gasteiger partial charge in [0.25, 0.3) is 0 Å². The first-order valence-corrected chi connectivity index (χ1v) is 9.00. The fraction of sp³-hybridized carbons (Fsp3) is 0.500. The van der Waals surface area contributed by atoms with Gasteiger partial charge in [-0.05, 0) is 42.8 Å². The van der Waals surface area contributed by atoms with E-state index in [0.29, 0.717) is 0 Å². The Balaban J connectivity index is 1.99. The van der Waals surface area contributed by atoms with Gasteiger partial charge >= 0.3 is 0 Å². The Morgan fingerprint density at radius 3 is 2.47 bits per heavy atom. The lowest BCUT2D eigenvalue weighted by atomic mass is 9.77. The van der Waals surface area contributed by atoms with Crippen LogP contribution in [0.3, 0.4) is 0 Å². The van der Waals surface area contributed by atoms with E-state index in [1.165, 1.54) is 48.1 Å². The monoisotopic (exact) mass is 337 g/mol. The Hall–Kier alpha value is -0.250. The predicted molar refractivity (Wildman–Crippen MR) is 88.4 cm³/mol. The van der Waals surface area contributed by atoms with Crippen molar-refractivity contribution in [2.75, 3.05) is 5.33 Å². The van der Waals surface area contributed by atoms with Gasteiger partial charge in [-0.25, -0.2) is 4.72 Å². The van der Waals surface area contributed by atoms with Crippen LogP contribution in [-0.2, 0) is 0 Å². The van der Waals surface area contributed by atoms with E-state index in [2.05, 4.69) is 51.8 Å². The minimum atomic E-state index is 0.257. The van der Waals surface area contributed by atoms with Crippen molar-refractivity contribution in [1.82, 2.24) is 4.72 Å². The van der Waals surface area contributed by atoms with E-state index in [0.717, 1.165) is 5.33 Å². The number of hydrogen-bond donors (Lipinski definition) is 1. The van der Waals surface area contributed by atoms with Crippen LogP contribution in [-0.4, -0.2) is 10.9 Å². The molecule has 19 heavy (non-hydrogen) atoms. The van der Waals surface area contributed by atoms with Crippen LogP contribution in [0.15, 0.2) is 29.8 Å². The van der Waals surface area contributed by atoms with Gasteiger partial charge in [0.1, 0.15) is 0 Å². The average Bonchev–Trinajstić information content (AvgIpc) is 2.78. The van der Waals surface area contributed by atoms with Crippen molar-refractivity contribution in [2.45, 2.75) is 44.6 Å². The smallest absolute Gasteiger partial charge is 0.0517 e. The molecule has 0 atom stereocenters. The molecule has 0 unspecified atom stereocenters. The third-order valence-electron chi connectivity index (χ3n) is 4.35. The third kappa shape index (κ3) is 2.53. The van der Waals surface area contributed by atoms with Crippen LogP contribution in [0.1, 0.15) is 43.2 Å². The molecule has 1 nitrogen and oxygen atoms in total. The molecule has 3 rings (SSSR count). The quantitative estimate of drug-likeness (QED) is 0.598. The van der Waals surface area contributed by atoms with Gasteiger partial charge in [-0.1, -0.05) is 65.0 Å². The molecule has 1 N–H and O–H groups in total. The number of alkyl halides is 1. The molecule has 1 aromatic rings. The van der Waals surface area contributed by atoms with Crippen LogP contribution in [0.2, 0.25) is 0 Å². The lowest BCUT2D eigenvalue weighted by Gasteiger charge is -2.35. The maximum absolute atomic E-state index is 3.75. The van der Waals surface area contributed by atoms with Gasteiger partial charge in [-0.3, -0.25) is 0 Å². The van der Waals surface area contributed by atoms with E-state index in [4.69, 9.17) is 0 Å². The van der Waals surface area contributed by atoms with Crippen molar-refractivity contribution in [3.8, 4) is 0 Å². The highest BCUT2D eigenvalue weighted by Crippen LogP contribution is 2.48. The highest BCUT2D eigenvalue weighted by atomic mass is 79.9. The van der Waals surface area contributed by atoms with Crippen molar-refractivity contribution < 1.29 is 0 Å². The number of aryl methyl sites for hydroxylation is 1. The predicted octanol–water partition coefficient (Wildman–Crippen LogP) is 5.06. The molecule has 1 heterocycles. The topological polar surface area (TPSA) is 12.0 Å². The van der Waals surface area contributed by atoms with Gasteiger partial charge in [0.2, 0.25) is 0 Å². The summed E-state index contributed by atoms with van der Waals surface area (Å²) in [6.07, 6.45) is 6.67. The van der Waals surface area contributed by atoms with Crippen LogP contribution in [0, 0.1) is 6.92 Å². The van der Waals surface area contributed by atoms with Gasteiger partial charge in [-0.15, -0.1) is 0 Å². The molecule has 1 aliphatic heterocycles. The fourth-order valence-electron chi connectivity index (χ4n) is 3.18. The Morgan fingerprint density at radius 1 is 1.16 bits per heavy atom. The molecule has 1 aromatic carbocycles. The van der Waals surface area contributed by atoms with E-state index >= 15 is 0 Å². The van der Waals surface area contributed by atoms with Crippen LogP contribution in [0.4, 0.5) is 0 Å². The van der Waals surface area contributed by atoms with Gasteiger partial charge < -0.3 is 0 Å². The molecule has 0 radical (unpaired) electrons. The fourth-order valence-corrected chi connectivity index (χ4v) is 5.45. The van der Waals surface area contributed by atoms with E-state index in [1.54, 1.807) is 5.57 Å². The second kappa shape index (κ2) is 5.63. The molecule has 0 bridgehead atoms. The second-order valence-corrected chi connectivity index (χ2v) is 7.03. The zero-order valence-corrected chi connectivity index (χ0v) is 13.7. The Kier molecular flexibility index (Phi) is 4.06. The molecule has 1 fully saturated rings. The van der Waals surface area contributed by atoms with Gasteiger partial charge in [0.15, 0.2) is 0 Å². The molecule has 1 spiro atoms. The minimum Gasteiger partial charge on any atom is -0.250 e. The molecule has 3 heteroatoms. The van der Waals surface area contributed by atoms with E-state index in [9.17, 15) is 0 Å². The van der Waals surface area contributed by atoms with Gasteiger partial charge in [0.05, 0.1) is 5.54 Å². The molecule has 2 aliphatic rings. The summed E-state index contributed by atoms with van der Waals surface area (Å²) in [5.74, 6) is 0. The van der Waals surface area contributed by atoms with Crippen LogP contribution >= 0.6 is 27.9 Å². The van der Waals surface area contributed by atoms with Crippen molar-refractivity contribution in [3.63, 3.8) is 0 Å². The lowest BCUT2D eigenvalue weighted by molar-refractivity contribution is 0.328. The van der Waals surface area contributed by atoms with E-state index in [-0.39, 0.29) is 5.54 Å². The summed E-state index contributed by atoms with van der Waals surface area (Å²) < 4.78 is 3.75. The first-order chi connectivity index (χ1) is 9.25. The molecular weight excluding hydrogens is 318 g/mol. The summed E-state index contributed by atoms with van der Waals surface area (Å²) in [5, 5.41) is 0.982. The number of benzene rings is 1. The molecular formula is C16H20BrNS. The SMILES string of the molecule is Cc1ccc(C2=C(CBr)C3(CCCCC3)NS2)cc1. The average molecular weight is 338 g/mol. The van der Waals surface area contributed by atoms with Gasteiger partial charge in [0, 0.05) is 10.2 Å². The number of nitrogens with one attached hydrogen (secondary N) is 1. The molecule has 1 aliphatic carbocycles. The van der Waals surface area contributed by atoms with Gasteiger partial charge in [-0.2, -0.15) is 0 Å². The summed E-state index contributed by atoms with van der Waals surface area (Å²) in [4.78, 5) is 1.44. The Bertz CT molecular complexity index is 486. The van der Waals surface area contributed by atoms with E-state index in [1.807, 2.05) is 11.9 Å². The Morgan fingerprint density at radius 2 is 1.84 bits per heavy atom. The summed E-state index contributed by atoms with van der Waals surface area (Å²) in [6, 6.07) is 8.93.